The van der Waals surface area contributed by atoms with Gasteiger partial charge in [-0.1, -0.05) is 11.2 Å². The Morgan fingerprint density at radius 3 is 2.77 bits per heavy atom. The van der Waals surface area contributed by atoms with E-state index in [1.165, 1.54) is 12.1 Å². The molecule has 0 aliphatic rings. The highest BCUT2D eigenvalue weighted by atomic mass is 19.1. The van der Waals surface area contributed by atoms with Crippen LogP contribution in [0.5, 0.6) is 5.75 Å². The van der Waals surface area contributed by atoms with Crippen LogP contribution < -0.4 is 4.74 Å². The zero-order chi connectivity index (χ0) is 15.4. The van der Waals surface area contributed by atoms with Crippen molar-refractivity contribution >= 4 is 0 Å². The van der Waals surface area contributed by atoms with Gasteiger partial charge in [-0.25, -0.2) is 4.39 Å². The van der Waals surface area contributed by atoms with Crippen molar-refractivity contribution in [1.82, 2.24) is 10.1 Å². The van der Waals surface area contributed by atoms with Gasteiger partial charge in [0.25, 0.3) is 5.89 Å². The molecule has 22 heavy (non-hydrogen) atoms. The second kappa shape index (κ2) is 6.06. The molecule has 6 heteroatoms. The molecule has 0 spiro atoms. The number of ether oxygens (including phenoxy) is 1. The first-order chi connectivity index (χ1) is 10.7. The van der Waals surface area contributed by atoms with Crippen molar-refractivity contribution in [3.63, 3.8) is 0 Å². The van der Waals surface area contributed by atoms with Gasteiger partial charge in [0.15, 0.2) is 6.61 Å². The van der Waals surface area contributed by atoms with Gasteiger partial charge in [0.05, 0.1) is 11.6 Å². The van der Waals surface area contributed by atoms with E-state index in [0.29, 0.717) is 28.6 Å². The number of rotatable bonds is 4. The summed E-state index contributed by atoms with van der Waals surface area (Å²) in [5, 5.41) is 12.6. The zero-order valence-corrected chi connectivity index (χ0v) is 11.4. The van der Waals surface area contributed by atoms with Crippen molar-refractivity contribution in [2.24, 2.45) is 0 Å². The smallest absolute Gasteiger partial charge is 0.264 e. The Balaban J connectivity index is 1.69. The summed E-state index contributed by atoms with van der Waals surface area (Å²) >= 11 is 0. The van der Waals surface area contributed by atoms with Crippen molar-refractivity contribution < 1.29 is 13.7 Å². The average molecular weight is 295 g/mol. The van der Waals surface area contributed by atoms with Gasteiger partial charge in [-0.05, 0) is 42.5 Å². The van der Waals surface area contributed by atoms with Gasteiger partial charge >= 0.3 is 0 Å². The molecule has 0 aliphatic carbocycles. The lowest BCUT2D eigenvalue weighted by atomic mass is 10.2. The molecule has 3 rings (SSSR count). The molecule has 0 amide bonds. The number of hydrogen-bond donors (Lipinski definition) is 0. The van der Waals surface area contributed by atoms with Crippen LogP contribution in [0.2, 0.25) is 0 Å². The Morgan fingerprint density at radius 2 is 2.00 bits per heavy atom. The predicted molar refractivity (Wildman–Crippen MR) is 75.2 cm³/mol. The summed E-state index contributed by atoms with van der Waals surface area (Å²) in [4.78, 5) is 4.18. The molecule has 0 N–H and O–H groups in total. The first-order valence-electron chi connectivity index (χ1n) is 6.46. The number of benzene rings is 2. The van der Waals surface area contributed by atoms with Crippen LogP contribution in [-0.2, 0) is 6.61 Å². The van der Waals surface area contributed by atoms with Crippen LogP contribution in [0, 0.1) is 17.1 Å². The molecule has 0 saturated heterocycles. The molecular formula is C16H10FN3O2. The Kier molecular flexibility index (Phi) is 3.79. The predicted octanol–water partition coefficient (Wildman–Crippen LogP) is 3.33. The Morgan fingerprint density at radius 1 is 1.18 bits per heavy atom. The molecule has 0 atom stereocenters. The molecule has 0 bridgehead atoms. The summed E-state index contributed by atoms with van der Waals surface area (Å²) in [6, 6.07) is 14.6. The van der Waals surface area contributed by atoms with Gasteiger partial charge in [-0.3, -0.25) is 0 Å². The molecule has 0 aliphatic heterocycles. The maximum atomic E-state index is 12.9. The summed E-state index contributed by atoms with van der Waals surface area (Å²) in [6.45, 7) is 0.0864. The molecular weight excluding hydrogens is 285 g/mol. The maximum Gasteiger partial charge on any atom is 0.264 e. The van der Waals surface area contributed by atoms with Gasteiger partial charge in [0.1, 0.15) is 11.6 Å². The molecule has 0 radical (unpaired) electrons. The molecule has 1 heterocycles. The van der Waals surface area contributed by atoms with Gasteiger partial charge in [-0.15, -0.1) is 0 Å². The van der Waals surface area contributed by atoms with Gasteiger partial charge < -0.3 is 9.26 Å². The Bertz CT molecular complexity index is 822. The number of nitrogens with zero attached hydrogens (tertiary/aromatic N) is 3. The third-order valence-corrected chi connectivity index (χ3v) is 2.90. The molecule has 2 aromatic carbocycles. The van der Waals surface area contributed by atoms with E-state index in [2.05, 4.69) is 10.1 Å². The van der Waals surface area contributed by atoms with Crippen LogP contribution in [0.15, 0.2) is 53.1 Å². The summed E-state index contributed by atoms with van der Waals surface area (Å²) < 4.78 is 23.4. The van der Waals surface area contributed by atoms with Crippen molar-refractivity contribution in [2.45, 2.75) is 6.61 Å². The van der Waals surface area contributed by atoms with E-state index in [1.54, 1.807) is 36.4 Å². The quantitative estimate of drug-likeness (QED) is 0.738. The fourth-order valence-electron chi connectivity index (χ4n) is 1.83. The summed E-state index contributed by atoms with van der Waals surface area (Å²) in [7, 11) is 0. The second-order valence-corrected chi connectivity index (χ2v) is 4.45. The maximum absolute atomic E-state index is 12.9. The summed E-state index contributed by atoms with van der Waals surface area (Å²) in [5.41, 5.74) is 1.16. The molecule has 3 aromatic rings. The highest BCUT2D eigenvalue weighted by molar-refractivity contribution is 5.53. The largest absolute Gasteiger partial charge is 0.484 e. The highest BCUT2D eigenvalue weighted by Crippen LogP contribution is 2.18. The Labute approximate surface area is 125 Å². The third-order valence-electron chi connectivity index (χ3n) is 2.90. The minimum absolute atomic E-state index is 0.0864. The fourth-order valence-corrected chi connectivity index (χ4v) is 1.83. The number of hydrogen-bond acceptors (Lipinski definition) is 5. The molecule has 1 aromatic heterocycles. The topological polar surface area (TPSA) is 71.9 Å². The van der Waals surface area contributed by atoms with E-state index < -0.39 is 0 Å². The first-order valence-corrected chi connectivity index (χ1v) is 6.46. The van der Waals surface area contributed by atoms with Crippen molar-refractivity contribution in [3.05, 3.63) is 65.8 Å². The second-order valence-electron chi connectivity index (χ2n) is 4.45. The first kappa shape index (κ1) is 13.8. The van der Waals surface area contributed by atoms with Crippen LogP contribution in [-0.4, -0.2) is 10.1 Å². The molecule has 0 fully saturated rings. The number of nitriles is 1. The van der Waals surface area contributed by atoms with Crippen LogP contribution in [0.3, 0.4) is 0 Å². The molecule has 0 unspecified atom stereocenters. The lowest BCUT2D eigenvalue weighted by Gasteiger charge is -2.02. The Hall–Kier alpha value is -3.20. The van der Waals surface area contributed by atoms with E-state index in [1.807, 2.05) is 6.07 Å². The summed E-state index contributed by atoms with van der Waals surface area (Å²) in [6.07, 6.45) is 0. The monoisotopic (exact) mass is 295 g/mol. The lowest BCUT2D eigenvalue weighted by Crippen LogP contribution is -1.96. The van der Waals surface area contributed by atoms with E-state index in [-0.39, 0.29) is 12.4 Å². The van der Waals surface area contributed by atoms with Crippen molar-refractivity contribution in [2.75, 3.05) is 0 Å². The van der Waals surface area contributed by atoms with Gasteiger partial charge in [0.2, 0.25) is 5.82 Å². The molecule has 5 nitrogen and oxygen atoms in total. The van der Waals surface area contributed by atoms with E-state index in [0.717, 1.165) is 0 Å². The van der Waals surface area contributed by atoms with Crippen LogP contribution >= 0.6 is 0 Å². The lowest BCUT2D eigenvalue weighted by molar-refractivity contribution is 0.243. The average Bonchev–Trinajstić information content (AvgIpc) is 3.03. The van der Waals surface area contributed by atoms with Gasteiger partial charge in [0, 0.05) is 5.56 Å². The minimum Gasteiger partial charge on any atom is -0.484 e. The highest BCUT2D eigenvalue weighted by Gasteiger charge is 2.09. The zero-order valence-electron chi connectivity index (χ0n) is 11.4. The van der Waals surface area contributed by atoms with Gasteiger partial charge in [-0.2, -0.15) is 10.2 Å². The fraction of sp³-hybridized carbons (Fsp3) is 0.0625. The summed E-state index contributed by atoms with van der Waals surface area (Å²) in [5.74, 6) is 0.875. The van der Waals surface area contributed by atoms with Crippen LogP contribution in [0.1, 0.15) is 11.5 Å². The normalized spacial score (nSPS) is 10.2. The standard InChI is InChI=1S/C16H10FN3O2/c17-13-6-4-12(5-7-13)16-19-15(22-20-16)10-21-14-3-1-2-11(8-14)9-18/h1-8H,10H2. The third kappa shape index (κ3) is 3.10. The number of halogens is 1. The van der Waals surface area contributed by atoms with Crippen LogP contribution in [0.4, 0.5) is 4.39 Å². The molecule has 108 valence electrons. The minimum atomic E-state index is -0.326. The van der Waals surface area contributed by atoms with E-state index in [4.69, 9.17) is 14.5 Å². The number of aromatic nitrogens is 2. The van der Waals surface area contributed by atoms with Crippen molar-refractivity contribution in [3.8, 4) is 23.2 Å². The van der Waals surface area contributed by atoms with E-state index in [9.17, 15) is 4.39 Å². The van der Waals surface area contributed by atoms with E-state index >= 15 is 0 Å². The van der Waals surface area contributed by atoms with Crippen LogP contribution in [0.25, 0.3) is 11.4 Å². The van der Waals surface area contributed by atoms with Crippen molar-refractivity contribution in [1.29, 1.82) is 5.26 Å². The molecule has 0 saturated carbocycles. The SMILES string of the molecule is N#Cc1cccc(OCc2nc(-c3ccc(F)cc3)no2)c1.